The van der Waals surface area contributed by atoms with Crippen molar-refractivity contribution >= 4 is 10.1 Å². The summed E-state index contributed by atoms with van der Waals surface area (Å²) in [6, 6.07) is 4.04. The van der Waals surface area contributed by atoms with Crippen LogP contribution in [-0.4, -0.2) is 39.0 Å². The van der Waals surface area contributed by atoms with Gasteiger partial charge in [0.1, 0.15) is 6.61 Å². The second kappa shape index (κ2) is 6.34. The molecule has 1 rings (SSSR count). The highest BCUT2D eigenvalue weighted by atomic mass is 32.2. The van der Waals surface area contributed by atoms with Crippen LogP contribution in [0.25, 0.3) is 0 Å². The highest BCUT2D eigenvalue weighted by Gasteiger charge is 2.81. The first-order valence-corrected chi connectivity index (χ1v) is 7.53. The zero-order chi connectivity index (χ0) is 19.9. The van der Waals surface area contributed by atoms with Crippen molar-refractivity contribution in [3.8, 4) is 0 Å². The fraction of sp³-hybridized carbons (Fsp3) is 0.500. The maximum Gasteiger partial charge on any atom is 0.460 e. The molecule has 1 aromatic rings. The van der Waals surface area contributed by atoms with E-state index in [4.69, 9.17) is 0 Å². The Balaban J connectivity index is 3.06. The predicted molar refractivity (Wildman–Crippen MR) is 65.2 cm³/mol. The summed E-state index contributed by atoms with van der Waals surface area (Å²) in [5, 5.41) is 0. The molecule has 3 nitrogen and oxygen atoms in total. The molecule has 13 heteroatoms. The van der Waals surface area contributed by atoms with Crippen LogP contribution in [0.4, 0.5) is 39.5 Å². The van der Waals surface area contributed by atoms with Gasteiger partial charge in [-0.3, -0.25) is 4.18 Å². The molecule has 0 amide bonds. The van der Waals surface area contributed by atoms with Crippen molar-refractivity contribution in [3.05, 3.63) is 29.8 Å². The first-order chi connectivity index (χ1) is 11.0. The number of alkyl halides is 9. The van der Waals surface area contributed by atoms with Crippen LogP contribution >= 0.6 is 0 Å². The van der Waals surface area contributed by atoms with Gasteiger partial charge < -0.3 is 0 Å². The Morgan fingerprint density at radius 2 is 1.28 bits per heavy atom. The van der Waals surface area contributed by atoms with E-state index in [1.54, 1.807) is 0 Å². The first-order valence-electron chi connectivity index (χ1n) is 6.12. The van der Waals surface area contributed by atoms with E-state index >= 15 is 0 Å². The molecule has 0 aliphatic carbocycles. The van der Waals surface area contributed by atoms with Crippen LogP contribution in [0.1, 0.15) is 5.56 Å². The van der Waals surface area contributed by atoms with E-state index in [0.29, 0.717) is 5.56 Å². The molecule has 0 saturated carbocycles. The van der Waals surface area contributed by atoms with E-state index in [2.05, 4.69) is 4.18 Å². The molecule has 0 N–H and O–H groups in total. The van der Waals surface area contributed by atoms with Gasteiger partial charge in [0, 0.05) is 0 Å². The topological polar surface area (TPSA) is 43.4 Å². The molecule has 0 radical (unpaired) electrons. The van der Waals surface area contributed by atoms with Gasteiger partial charge in [0.05, 0.1) is 4.90 Å². The van der Waals surface area contributed by atoms with Gasteiger partial charge in [0.15, 0.2) is 0 Å². The molecule has 0 unspecified atom stereocenters. The second-order valence-corrected chi connectivity index (χ2v) is 6.50. The Labute approximate surface area is 135 Å². The maximum atomic E-state index is 13.2. The van der Waals surface area contributed by atoms with Gasteiger partial charge in [-0.1, -0.05) is 17.7 Å². The predicted octanol–water partition coefficient (Wildman–Crippen LogP) is 4.17. The molecule has 144 valence electrons. The van der Waals surface area contributed by atoms with Crippen molar-refractivity contribution in [3.63, 3.8) is 0 Å². The average molecular weight is 404 g/mol. The molecule has 0 aliphatic rings. The normalized spacial score (nSPS) is 14.6. The maximum absolute atomic E-state index is 13.2. The fourth-order valence-corrected chi connectivity index (χ4v) is 2.33. The van der Waals surface area contributed by atoms with E-state index in [-0.39, 0.29) is 0 Å². The van der Waals surface area contributed by atoms with Gasteiger partial charge >= 0.3 is 23.9 Å². The third-order valence-corrected chi connectivity index (χ3v) is 4.19. The average Bonchev–Trinajstić information content (AvgIpc) is 2.44. The lowest BCUT2D eigenvalue weighted by atomic mass is 10.1. The molecule has 0 heterocycles. The Hall–Kier alpha value is -1.50. The lowest BCUT2D eigenvalue weighted by Gasteiger charge is -2.33. The third-order valence-electron chi connectivity index (χ3n) is 2.91. The van der Waals surface area contributed by atoms with Gasteiger partial charge in [0.2, 0.25) is 0 Å². The molecule has 1 aromatic carbocycles. The molecule has 0 aromatic heterocycles. The molecule has 0 spiro atoms. The highest BCUT2D eigenvalue weighted by Crippen LogP contribution is 2.53. The zero-order valence-electron chi connectivity index (χ0n) is 12.1. The zero-order valence-corrected chi connectivity index (χ0v) is 12.9. The molecule has 0 atom stereocenters. The van der Waals surface area contributed by atoms with Gasteiger partial charge in [0.25, 0.3) is 10.1 Å². The molecule has 25 heavy (non-hydrogen) atoms. The highest BCUT2D eigenvalue weighted by molar-refractivity contribution is 7.86. The minimum atomic E-state index is -7.11. The van der Waals surface area contributed by atoms with Crippen LogP contribution < -0.4 is 0 Å². The standard InChI is InChI=1S/C12H9F9O3S/c1-7-2-4-8(5-3-7)25(22,23)24-6-9(13,14)10(15,16)11(17,18)12(19,20)21/h2-5H,6H2,1H3. The minimum Gasteiger partial charge on any atom is -0.260 e. The third kappa shape index (κ3) is 4.02. The van der Waals surface area contributed by atoms with E-state index in [1.807, 2.05) is 0 Å². The van der Waals surface area contributed by atoms with Crippen molar-refractivity contribution in [1.82, 2.24) is 0 Å². The van der Waals surface area contributed by atoms with Crippen LogP contribution in [0.3, 0.4) is 0 Å². The van der Waals surface area contributed by atoms with Gasteiger partial charge in [-0.2, -0.15) is 47.9 Å². The lowest BCUT2D eigenvalue weighted by molar-refractivity contribution is -0.398. The smallest absolute Gasteiger partial charge is 0.260 e. The second-order valence-electron chi connectivity index (χ2n) is 4.88. The van der Waals surface area contributed by atoms with Crippen LogP contribution in [0.2, 0.25) is 0 Å². The van der Waals surface area contributed by atoms with Crippen LogP contribution in [0.15, 0.2) is 29.2 Å². The molecular weight excluding hydrogens is 395 g/mol. The Morgan fingerprint density at radius 3 is 1.68 bits per heavy atom. The number of halogens is 9. The summed E-state index contributed by atoms with van der Waals surface area (Å²) < 4.78 is 140. The summed E-state index contributed by atoms with van der Waals surface area (Å²) in [6.07, 6.45) is -6.99. The van der Waals surface area contributed by atoms with Crippen molar-refractivity contribution in [2.45, 2.75) is 35.8 Å². The number of benzene rings is 1. The van der Waals surface area contributed by atoms with E-state index < -0.39 is 45.6 Å². The molecule has 0 fully saturated rings. The monoisotopic (exact) mass is 404 g/mol. The van der Waals surface area contributed by atoms with Crippen molar-refractivity contribution < 1.29 is 52.1 Å². The number of aryl methyl sites for hydroxylation is 1. The van der Waals surface area contributed by atoms with Gasteiger partial charge in [-0.15, -0.1) is 0 Å². The molecule has 0 aliphatic heterocycles. The fourth-order valence-electron chi connectivity index (χ4n) is 1.42. The van der Waals surface area contributed by atoms with Crippen molar-refractivity contribution in [2.24, 2.45) is 0 Å². The summed E-state index contributed by atoms with van der Waals surface area (Å²) in [7, 11) is -5.09. The van der Waals surface area contributed by atoms with Crippen molar-refractivity contribution in [1.29, 1.82) is 0 Å². The molecular formula is C12H9F9O3S. The van der Waals surface area contributed by atoms with Gasteiger partial charge in [-0.25, -0.2) is 0 Å². The van der Waals surface area contributed by atoms with Crippen LogP contribution in [0.5, 0.6) is 0 Å². The Morgan fingerprint density at radius 1 is 0.840 bits per heavy atom. The summed E-state index contributed by atoms with van der Waals surface area (Å²) in [5.74, 6) is -20.2. The largest absolute Gasteiger partial charge is 0.460 e. The van der Waals surface area contributed by atoms with E-state index in [1.165, 1.54) is 19.1 Å². The quantitative estimate of drug-likeness (QED) is 0.528. The number of rotatable bonds is 6. The summed E-state index contributed by atoms with van der Waals surface area (Å²) in [5.41, 5.74) is 0.528. The molecule has 0 bridgehead atoms. The SMILES string of the molecule is Cc1ccc(S(=O)(=O)OCC(F)(F)C(F)(F)C(F)(F)C(F)(F)F)cc1. The summed E-state index contributed by atoms with van der Waals surface area (Å²) >= 11 is 0. The Kier molecular flexibility index (Phi) is 5.46. The van der Waals surface area contributed by atoms with Crippen LogP contribution in [0, 0.1) is 6.92 Å². The minimum absolute atomic E-state index is 0.528. The van der Waals surface area contributed by atoms with Crippen molar-refractivity contribution in [2.75, 3.05) is 6.61 Å². The summed E-state index contributed by atoms with van der Waals surface area (Å²) in [6.45, 7) is -1.40. The van der Waals surface area contributed by atoms with E-state index in [0.717, 1.165) is 12.1 Å². The number of hydrogen-bond donors (Lipinski definition) is 0. The van der Waals surface area contributed by atoms with Crippen LogP contribution in [-0.2, 0) is 14.3 Å². The van der Waals surface area contributed by atoms with E-state index in [9.17, 15) is 47.9 Å². The first kappa shape index (κ1) is 21.5. The lowest BCUT2D eigenvalue weighted by Crippen LogP contribution is -2.62. The Bertz CT molecular complexity index is 708. The number of hydrogen-bond acceptors (Lipinski definition) is 3. The van der Waals surface area contributed by atoms with Gasteiger partial charge in [-0.05, 0) is 19.1 Å². The summed E-state index contributed by atoms with van der Waals surface area (Å²) in [4.78, 5) is -0.778. The molecule has 0 saturated heterocycles.